The zero-order chi connectivity index (χ0) is 12.4. The molecule has 1 fully saturated rings. The maximum atomic E-state index is 6.20. The summed E-state index contributed by atoms with van der Waals surface area (Å²) in [6.45, 7) is 2.11. The van der Waals surface area contributed by atoms with Crippen molar-refractivity contribution in [1.29, 1.82) is 0 Å². The van der Waals surface area contributed by atoms with Gasteiger partial charge in [-0.3, -0.25) is 4.90 Å². The summed E-state index contributed by atoms with van der Waals surface area (Å²) in [7, 11) is 2.23. The first-order chi connectivity index (χ1) is 8.09. The van der Waals surface area contributed by atoms with Crippen LogP contribution in [0.5, 0.6) is 0 Å². The van der Waals surface area contributed by atoms with Crippen LogP contribution in [0.1, 0.15) is 43.5 Å². The molecule has 0 radical (unpaired) electrons. The molecule has 1 saturated carbocycles. The molecule has 0 bridgehead atoms. The van der Waals surface area contributed by atoms with Crippen LogP contribution in [0, 0.1) is 0 Å². The lowest BCUT2D eigenvalue weighted by Gasteiger charge is -2.35. The van der Waals surface area contributed by atoms with Gasteiger partial charge in [-0.25, -0.2) is 0 Å². The third-order valence-corrected chi connectivity index (χ3v) is 5.42. The minimum absolute atomic E-state index is 0.172. The van der Waals surface area contributed by atoms with Crippen molar-refractivity contribution in [1.82, 2.24) is 4.90 Å². The first-order valence-electron chi connectivity index (χ1n) is 6.32. The quantitative estimate of drug-likeness (QED) is 0.916. The van der Waals surface area contributed by atoms with E-state index in [9.17, 15) is 0 Å². The number of thiophene rings is 1. The molecule has 1 aliphatic carbocycles. The third-order valence-electron chi connectivity index (χ3n) is 3.72. The number of hydrogen-bond acceptors (Lipinski definition) is 3. The predicted octanol–water partition coefficient (Wildman–Crippen LogP) is 3.77. The fourth-order valence-electron chi connectivity index (χ4n) is 2.86. The molecule has 4 heteroatoms. The standard InChI is InChI=1S/C13H21BrN2S/c1-9(15)13(11-7-8-12(14)17-11)16(2)10-5-3-4-6-10/h7-10,13H,3-6,15H2,1-2H3. The summed E-state index contributed by atoms with van der Waals surface area (Å²) in [6, 6.07) is 5.57. The molecule has 0 aromatic carbocycles. The van der Waals surface area contributed by atoms with Crippen molar-refractivity contribution in [2.24, 2.45) is 5.73 Å². The van der Waals surface area contributed by atoms with Gasteiger partial charge in [0.25, 0.3) is 0 Å². The van der Waals surface area contributed by atoms with Gasteiger partial charge in [-0.15, -0.1) is 11.3 Å². The van der Waals surface area contributed by atoms with E-state index in [0.717, 1.165) is 0 Å². The largest absolute Gasteiger partial charge is 0.326 e. The van der Waals surface area contributed by atoms with Crippen molar-refractivity contribution < 1.29 is 0 Å². The Bertz CT molecular complexity index is 358. The lowest BCUT2D eigenvalue weighted by molar-refractivity contribution is 0.159. The molecule has 2 nitrogen and oxygen atoms in total. The molecule has 1 aliphatic rings. The van der Waals surface area contributed by atoms with Crippen LogP contribution in [0.2, 0.25) is 0 Å². The van der Waals surface area contributed by atoms with Gasteiger partial charge in [0.2, 0.25) is 0 Å². The van der Waals surface area contributed by atoms with E-state index in [0.29, 0.717) is 12.1 Å². The average Bonchev–Trinajstić information content (AvgIpc) is 2.88. The van der Waals surface area contributed by atoms with Crippen molar-refractivity contribution in [3.05, 3.63) is 20.8 Å². The van der Waals surface area contributed by atoms with Gasteiger partial charge in [0, 0.05) is 17.0 Å². The maximum Gasteiger partial charge on any atom is 0.0702 e. The van der Waals surface area contributed by atoms with Gasteiger partial charge in [-0.1, -0.05) is 12.8 Å². The fourth-order valence-corrected chi connectivity index (χ4v) is 4.55. The zero-order valence-corrected chi connectivity index (χ0v) is 12.9. The van der Waals surface area contributed by atoms with Crippen LogP contribution < -0.4 is 5.73 Å². The lowest BCUT2D eigenvalue weighted by Crippen LogP contribution is -2.41. The molecule has 2 unspecified atom stereocenters. The highest BCUT2D eigenvalue weighted by molar-refractivity contribution is 9.11. The topological polar surface area (TPSA) is 29.3 Å². The van der Waals surface area contributed by atoms with Crippen LogP contribution in [-0.2, 0) is 0 Å². The molecular formula is C13H21BrN2S. The van der Waals surface area contributed by atoms with Crippen LogP contribution in [0.15, 0.2) is 15.9 Å². The molecule has 0 saturated heterocycles. The van der Waals surface area contributed by atoms with E-state index < -0.39 is 0 Å². The Kier molecular flexibility index (Phi) is 4.64. The number of likely N-dealkylation sites (N-methyl/N-ethyl adjacent to an activating group) is 1. The second kappa shape index (κ2) is 5.83. The highest BCUT2D eigenvalue weighted by atomic mass is 79.9. The molecule has 2 N–H and O–H groups in total. The van der Waals surface area contributed by atoms with Gasteiger partial charge in [-0.2, -0.15) is 0 Å². The summed E-state index contributed by atoms with van der Waals surface area (Å²) in [5.74, 6) is 0. The lowest BCUT2D eigenvalue weighted by atomic mass is 10.0. The van der Waals surface area contributed by atoms with Crippen LogP contribution in [0.3, 0.4) is 0 Å². The summed E-state index contributed by atoms with van der Waals surface area (Å²) in [5, 5.41) is 0. The summed E-state index contributed by atoms with van der Waals surface area (Å²) < 4.78 is 1.19. The number of nitrogens with two attached hydrogens (primary N) is 1. The molecule has 2 atom stereocenters. The van der Waals surface area contributed by atoms with E-state index in [4.69, 9.17) is 5.73 Å². The summed E-state index contributed by atoms with van der Waals surface area (Å²) in [5.41, 5.74) is 6.20. The van der Waals surface area contributed by atoms with Gasteiger partial charge in [0.05, 0.1) is 9.83 Å². The molecular weight excluding hydrogens is 296 g/mol. The Labute approximate surface area is 116 Å². The van der Waals surface area contributed by atoms with Crippen LogP contribution in [0.4, 0.5) is 0 Å². The van der Waals surface area contributed by atoms with Crippen LogP contribution >= 0.6 is 27.3 Å². The first-order valence-corrected chi connectivity index (χ1v) is 7.93. The molecule has 96 valence electrons. The molecule has 0 amide bonds. The molecule has 1 heterocycles. The van der Waals surface area contributed by atoms with E-state index in [-0.39, 0.29) is 6.04 Å². The van der Waals surface area contributed by atoms with E-state index in [2.05, 4.69) is 46.9 Å². The van der Waals surface area contributed by atoms with Crippen molar-refractivity contribution in [2.75, 3.05) is 7.05 Å². The maximum absolute atomic E-state index is 6.20. The summed E-state index contributed by atoms with van der Waals surface area (Å²) in [4.78, 5) is 3.87. The Morgan fingerprint density at radius 3 is 2.53 bits per heavy atom. The number of halogens is 1. The number of hydrogen-bond donors (Lipinski definition) is 1. The average molecular weight is 317 g/mol. The van der Waals surface area contributed by atoms with Crippen molar-refractivity contribution in [2.45, 2.75) is 50.7 Å². The Balaban J connectivity index is 2.16. The monoisotopic (exact) mass is 316 g/mol. The highest BCUT2D eigenvalue weighted by Gasteiger charge is 2.29. The third kappa shape index (κ3) is 3.11. The Hall–Kier alpha value is 0.1000. The number of rotatable bonds is 4. The molecule has 1 aromatic rings. The number of nitrogens with zero attached hydrogens (tertiary/aromatic N) is 1. The van der Waals surface area contributed by atoms with Gasteiger partial charge in [-0.05, 0) is 54.9 Å². The first kappa shape index (κ1) is 13.5. The van der Waals surface area contributed by atoms with Crippen LogP contribution in [-0.4, -0.2) is 24.0 Å². The minimum Gasteiger partial charge on any atom is -0.326 e. The summed E-state index contributed by atoms with van der Waals surface area (Å²) >= 11 is 5.35. The highest BCUT2D eigenvalue weighted by Crippen LogP contribution is 2.35. The smallest absolute Gasteiger partial charge is 0.0702 e. The molecule has 0 spiro atoms. The van der Waals surface area contributed by atoms with Crippen molar-refractivity contribution >= 4 is 27.3 Å². The SMILES string of the molecule is CC(N)C(c1ccc(Br)s1)N(C)C1CCCC1. The second-order valence-corrected chi connectivity index (χ2v) is 7.54. The predicted molar refractivity (Wildman–Crippen MR) is 78.4 cm³/mol. The normalized spacial score (nSPS) is 21.0. The van der Waals surface area contributed by atoms with Gasteiger partial charge in [0.1, 0.15) is 0 Å². The van der Waals surface area contributed by atoms with Crippen molar-refractivity contribution in [3.63, 3.8) is 0 Å². The van der Waals surface area contributed by atoms with Gasteiger partial charge >= 0.3 is 0 Å². The molecule has 17 heavy (non-hydrogen) atoms. The van der Waals surface area contributed by atoms with E-state index >= 15 is 0 Å². The second-order valence-electron chi connectivity index (χ2n) is 5.05. The molecule has 2 rings (SSSR count). The molecule has 1 aromatic heterocycles. The minimum atomic E-state index is 0.172. The van der Waals surface area contributed by atoms with Gasteiger partial charge < -0.3 is 5.73 Å². The molecule has 0 aliphatic heterocycles. The van der Waals surface area contributed by atoms with Crippen molar-refractivity contribution in [3.8, 4) is 0 Å². The Morgan fingerprint density at radius 2 is 2.06 bits per heavy atom. The van der Waals surface area contributed by atoms with E-state index in [1.807, 2.05) is 0 Å². The fraction of sp³-hybridized carbons (Fsp3) is 0.692. The van der Waals surface area contributed by atoms with Gasteiger partial charge in [0.15, 0.2) is 0 Å². The zero-order valence-electron chi connectivity index (χ0n) is 10.5. The summed E-state index contributed by atoms with van der Waals surface area (Å²) in [6.07, 6.45) is 5.39. The van der Waals surface area contributed by atoms with E-state index in [1.54, 1.807) is 11.3 Å². The van der Waals surface area contributed by atoms with Crippen LogP contribution in [0.25, 0.3) is 0 Å². The van der Waals surface area contributed by atoms with E-state index in [1.165, 1.54) is 34.3 Å². The Morgan fingerprint density at radius 1 is 1.41 bits per heavy atom.